The van der Waals surface area contributed by atoms with Crippen LogP contribution in [0.4, 0.5) is 0 Å². The van der Waals surface area contributed by atoms with Crippen molar-refractivity contribution in [2.45, 2.75) is 169 Å². The standard InChI is InChI=1S/C23H36O4.C22H34O2/c1-5-23(12-16-6-7-18(23)9-16)27-21(24)8-13(2)26-22(25)20-11-17-10-19(20)15(4)14(17)3;1-4-22(7-5-6-8-22)24-21(23)18-10-14-9-17(18)20-16-11-15(19(14)20)12(2)13(16)3/h13-20H,5-12H2,1-4H3;12-20H,4-11H2,1-3H3. The van der Waals surface area contributed by atoms with Gasteiger partial charge in [-0.05, 0) is 186 Å². The molecule has 51 heavy (non-hydrogen) atoms. The summed E-state index contributed by atoms with van der Waals surface area (Å²) < 4.78 is 17.9. The number of hydrogen-bond acceptors (Lipinski definition) is 6. The summed E-state index contributed by atoms with van der Waals surface area (Å²) in [5.41, 5.74) is -0.352. The molecular weight excluding hydrogens is 636 g/mol. The molecule has 0 aromatic heterocycles. The third kappa shape index (κ3) is 6.04. The van der Waals surface area contributed by atoms with Crippen molar-refractivity contribution < 1.29 is 28.6 Å². The van der Waals surface area contributed by atoms with Crippen LogP contribution in [0, 0.1) is 94.7 Å². The number of carbonyl (C=O) groups is 3. The van der Waals surface area contributed by atoms with E-state index >= 15 is 0 Å². The van der Waals surface area contributed by atoms with Crippen molar-refractivity contribution in [3.8, 4) is 0 Å². The van der Waals surface area contributed by atoms with Crippen LogP contribution in [-0.2, 0) is 28.6 Å². The first-order valence-electron chi connectivity index (χ1n) is 22.0. The van der Waals surface area contributed by atoms with Gasteiger partial charge >= 0.3 is 17.9 Å². The molecule has 0 spiro atoms. The molecule has 9 rings (SSSR count). The van der Waals surface area contributed by atoms with Crippen LogP contribution in [0.25, 0.3) is 0 Å². The maximum absolute atomic E-state index is 13.1. The molecule has 18 atom stereocenters. The van der Waals surface area contributed by atoms with Crippen LogP contribution in [0.2, 0.25) is 0 Å². The molecule has 6 heteroatoms. The number of ether oxygens (including phenoxy) is 3. The maximum Gasteiger partial charge on any atom is 0.310 e. The molecule has 9 aliphatic rings. The zero-order chi connectivity index (χ0) is 36.0. The first kappa shape index (κ1) is 36.4. The summed E-state index contributed by atoms with van der Waals surface area (Å²) in [6.45, 7) is 15.7. The summed E-state index contributed by atoms with van der Waals surface area (Å²) in [6, 6.07) is 0. The Kier molecular flexibility index (Phi) is 9.71. The smallest absolute Gasteiger partial charge is 0.310 e. The topological polar surface area (TPSA) is 78.9 Å². The Morgan fingerprint density at radius 2 is 1.31 bits per heavy atom. The molecule has 0 aromatic rings. The van der Waals surface area contributed by atoms with Crippen LogP contribution >= 0.6 is 0 Å². The predicted octanol–water partition coefficient (Wildman–Crippen LogP) is 9.81. The fourth-order valence-electron chi connectivity index (χ4n) is 15.4. The van der Waals surface area contributed by atoms with Crippen molar-refractivity contribution in [3.05, 3.63) is 0 Å². The van der Waals surface area contributed by atoms with E-state index in [1.54, 1.807) is 0 Å². The van der Waals surface area contributed by atoms with E-state index in [0.717, 1.165) is 98.2 Å². The van der Waals surface area contributed by atoms with Crippen LogP contribution in [0.3, 0.4) is 0 Å². The fourth-order valence-corrected chi connectivity index (χ4v) is 15.4. The summed E-state index contributed by atoms with van der Waals surface area (Å²) in [5, 5.41) is 0. The first-order valence-corrected chi connectivity index (χ1v) is 22.0. The summed E-state index contributed by atoms with van der Waals surface area (Å²) in [7, 11) is 0. The molecule has 0 radical (unpaired) electrons. The van der Waals surface area contributed by atoms with E-state index in [-0.39, 0.29) is 47.4 Å². The van der Waals surface area contributed by atoms with Crippen molar-refractivity contribution in [2.75, 3.05) is 0 Å². The molecule has 0 aliphatic heterocycles. The Morgan fingerprint density at radius 3 is 1.92 bits per heavy atom. The fraction of sp³-hybridized carbons (Fsp3) is 0.933. The highest BCUT2D eigenvalue weighted by Crippen LogP contribution is 2.71. The predicted molar refractivity (Wildman–Crippen MR) is 197 cm³/mol. The van der Waals surface area contributed by atoms with E-state index in [1.807, 2.05) is 6.92 Å². The molecule has 9 aliphatic carbocycles. The second-order valence-corrected chi connectivity index (χ2v) is 20.2. The molecular formula is C45H70O6. The quantitative estimate of drug-likeness (QED) is 0.135. The van der Waals surface area contributed by atoms with Gasteiger partial charge in [0.2, 0.25) is 0 Å². The van der Waals surface area contributed by atoms with Gasteiger partial charge in [0.25, 0.3) is 0 Å². The number of rotatable bonds is 9. The Labute approximate surface area is 309 Å². The molecule has 0 amide bonds. The van der Waals surface area contributed by atoms with E-state index in [0.29, 0.717) is 29.6 Å². The van der Waals surface area contributed by atoms with Crippen LogP contribution in [-0.4, -0.2) is 35.2 Å². The van der Waals surface area contributed by atoms with E-state index in [9.17, 15) is 14.4 Å². The lowest BCUT2D eigenvalue weighted by atomic mass is 9.62. The molecule has 0 aromatic carbocycles. The van der Waals surface area contributed by atoms with Gasteiger partial charge in [-0.15, -0.1) is 0 Å². The monoisotopic (exact) mass is 707 g/mol. The lowest BCUT2D eigenvalue weighted by molar-refractivity contribution is -0.172. The van der Waals surface area contributed by atoms with Crippen molar-refractivity contribution in [1.29, 1.82) is 0 Å². The van der Waals surface area contributed by atoms with E-state index < -0.39 is 6.10 Å². The third-order valence-corrected chi connectivity index (χ3v) is 18.4. The van der Waals surface area contributed by atoms with Gasteiger partial charge in [0.15, 0.2) is 0 Å². The molecule has 0 N–H and O–H groups in total. The zero-order valence-electron chi connectivity index (χ0n) is 33.1. The lowest BCUT2D eigenvalue weighted by Crippen LogP contribution is -2.42. The number of hydrogen-bond donors (Lipinski definition) is 0. The molecule has 0 heterocycles. The van der Waals surface area contributed by atoms with Gasteiger partial charge in [0, 0.05) is 0 Å². The van der Waals surface area contributed by atoms with Crippen LogP contribution in [0.1, 0.15) is 151 Å². The highest BCUT2D eigenvalue weighted by Gasteiger charge is 2.67. The highest BCUT2D eigenvalue weighted by molar-refractivity contribution is 5.75. The van der Waals surface area contributed by atoms with E-state index in [4.69, 9.17) is 14.2 Å². The van der Waals surface area contributed by atoms with Crippen molar-refractivity contribution in [2.24, 2.45) is 94.7 Å². The van der Waals surface area contributed by atoms with E-state index in [2.05, 4.69) is 41.5 Å². The molecule has 6 nitrogen and oxygen atoms in total. The Morgan fingerprint density at radius 1 is 0.667 bits per heavy atom. The third-order valence-electron chi connectivity index (χ3n) is 18.4. The van der Waals surface area contributed by atoms with Crippen molar-refractivity contribution in [1.82, 2.24) is 0 Å². The first-order chi connectivity index (χ1) is 24.4. The largest absolute Gasteiger partial charge is 0.462 e. The molecule has 9 fully saturated rings. The minimum absolute atomic E-state index is 0.0345. The maximum atomic E-state index is 13.1. The summed E-state index contributed by atoms with van der Waals surface area (Å²) in [6.07, 6.45) is 17.2. The SMILES string of the molecule is CCC1(OC(=O)C2CC3CC2C2C4CC(C(C)C4C)C32)CCCC1.CCC1(OC(=O)CC(C)OC(=O)C2CC3CC2C(C)C3C)CC2CCC1C2. The number of esters is 3. The Balaban J connectivity index is 0.000000147. The van der Waals surface area contributed by atoms with Gasteiger partial charge < -0.3 is 14.2 Å². The van der Waals surface area contributed by atoms with Crippen LogP contribution in [0.15, 0.2) is 0 Å². The number of carbonyl (C=O) groups excluding carboxylic acids is 3. The minimum Gasteiger partial charge on any atom is -0.462 e. The molecule has 286 valence electrons. The van der Waals surface area contributed by atoms with E-state index in [1.165, 1.54) is 51.4 Å². The zero-order valence-corrected chi connectivity index (χ0v) is 33.1. The average molecular weight is 707 g/mol. The molecule has 9 saturated carbocycles. The second kappa shape index (κ2) is 13.6. The second-order valence-electron chi connectivity index (χ2n) is 20.2. The lowest BCUT2D eigenvalue weighted by Gasteiger charge is -2.43. The van der Waals surface area contributed by atoms with Gasteiger partial charge in [0.05, 0.1) is 18.3 Å². The minimum atomic E-state index is -0.399. The Bertz CT molecular complexity index is 1330. The summed E-state index contributed by atoms with van der Waals surface area (Å²) >= 11 is 0. The molecule has 18 unspecified atom stereocenters. The van der Waals surface area contributed by atoms with Gasteiger partial charge in [-0.2, -0.15) is 0 Å². The highest BCUT2D eigenvalue weighted by atomic mass is 16.6. The number of fused-ring (bicyclic) bond motifs is 13. The van der Waals surface area contributed by atoms with Crippen molar-refractivity contribution in [3.63, 3.8) is 0 Å². The summed E-state index contributed by atoms with van der Waals surface area (Å²) in [4.78, 5) is 38.3. The molecule has 8 bridgehead atoms. The average Bonchev–Trinajstić information content (AvgIpc) is 3.96. The van der Waals surface area contributed by atoms with Gasteiger partial charge in [0.1, 0.15) is 17.3 Å². The Hall–Kier alpha value is -1.59. The van der Waals surface area contributed by atoms with Crippen LogP contribution < -0.4 is 0 Å². The van der Waals surface area contributed by atoms with Crippen molar-refractivity contribution >= 4 is 17.9 Å². The van der Waals surface area contributed by atoms with Gasteiger partial charge in [-0.1, -0.05) is 41.5 Å². The van der Waals surface area contributed by atoms with Gasteiger partial charge in [-0.3, -0.25) is 14.4 Å². The summed E-state index contributed by atoms with van der Waals surface area (Å²) in [5.74, 6) is 10.9. The van der Waals surface area contributed by atoms with Gasteiger partial charge in [-0.25, -0.2) is 0 Å². The molecule has 0 saturated heterocycles. The normalized spacial score (nSPS) is 49.5. The van der Waals surface area contributed by atoms with Crippen LogP contribution in [0.5, 0.6) is 0 Å².